The fourth-order valence-electron chi connectivity index (χ4n) is 1.65. The molecular formula is C13H11BrClNS. The lowest BCUT2D eigenvalue weighted by molar-refractivity contribution is 0.999. The molecule has 88 valence electrons. The molecule has 0 aliphatic carbocycles. The van der Waals surface area contributed by atoms with Crippen molar-refractivity contribution in [1.82, 2.24) is 4.98 Å². The molecule has 17 heavy (non-hydrogen) atoms. The predicted molar refractivity (Wildman–Crippen MR) is 78.0 cm³/mol. The van der Waals surface area contributed by atoms with Crippen LogP contribution < -0.4 is 0 Å². The smallest absolute Gasteiger partial charge is 0.104 e. The average molecular weight is 329 g/mol. The monoisotopic (exact) mass is 327 g/mol. The predicted octanol–water partition coefficient (Wildman–Crippen LogP) is 5.19. The summed E-state index contributed by atoms with van der Waals surface area (Å²) in [6, 6.07) is 5.88. The van der Waals surface area contributed by atoms with Crippen LogP contribution in [0.4, 0.5) is 0 Å². The van der Waals surface area contributed by atoms with Gasteiger partial charge in [0.1, 0.15) is 5.01 Å². The fourth-order valence-corrected chi connectivity index (χ4v) is 3.44. The lowest BCUT2D eigenvalue weighted by Crippen LogP contribution is -1.96. The third-order valence-corrected chi connectivity index (χ3v) is 4.06. The van der Waals surface area contributed by atoms with Gasteiger partial charge >= 0.3 is 0 Å². The van der Waals surface area contributed by atoms with E-state index in [1.54, 1.807) is 11.3 Å². The molecule has 0 saturated heterocycles. The lowest BCUT2D eigenvalue weighted by Gasteiger charge is -2.11. The molecule has 0 radical (unpaired) electrons. The number of hydrogen-bond donors (Lipinski definition) is 0. The summed E-state index contributed by atoms with van der Waals surface area (Å²) in [6.45, 7) is 5.94. The second-order valence-corrected chi connectivity index (χ2v) is 6.34. The van der Waals surface area contributed by atoms with Crippen molar-refractivity contribution in [2.45, 2.75) is 12.8 Å². The highest BCUT2D eigenvalue weighted by Gasteiger charge is 2.15. The molecule has 0 N–H and O–H groups in total. The van der Waals surface area contributed by atoms with E-state index in [-0.39, 0.29) is 5.92 Å². The second-order valence-electron chi connectivity index (χ2n) is 3.73. The maximum absolute atomic E-state index is 6.06. The maximum Gasteiger partial charge on any atom is 0.104 e. The normalized spacial score (nSPS) is 12.4. The van der Waals surface area contributed by atoms with E-state index < -0.39 is 0 Å². The Hall–Kier alpha value is -0.640. The van der Waals surface area contributed by atoms with Crippen molar-refractivity contribution >= 4 is 38.9 Å². The van der Waals surface area contributed by atoms with E-state index >= 15 is 0 Å². The first-order valence-electron chi connectivity index (χ1n) is 5.11. The molecule has 1 atom stereocenters. The number of halogens is 2. The van der Waals surface area contributed by atoms with Crippen molar-refractivity contribution in [1.29, 1.82) is 0 Å². The van der Waals surface area contributed by atoms with E-state index in [0.717, 1.165) is 20.1 Å². The molecule has 0 aliphatic rings. The van der Waals surface area contributed by atoms with Gasteiger partial charge in [0.05, 0.1) is 5.92 Å². The van der Waals surface area contributed by atoms with Crippen molar-refractivity contribution < 1.29 is 0 Å². The van der Waals surface area contributed by atoms with Crippen LogP contribution in [0.2, 0.25) is 5.02 Å². The van der Waals surface area contributed by atoms with Gasteiger partial charge in [-0.15, -0.1) is 17.9 Å². The lowest BCUT2D eigenvalue weighted by atomic mass is 10.0. The standard InChI is InChI=1S/C13H11BrClNS/c1-3-12(13-16-7-8(2)17-13)9-4-10(14)6-11(15)5-9/h3-7,12H,1H2,2H3. The zero-order valence-corrected chi connectivity index (χ0v) is 12.4. The molecule has 2 rings (SSSR count). The Labute approximate surface area is 118 Å². The van der Waals surface area contributed by atoms with E-state index in [9.17, 15) is 0 Å². The van der Waals surface area contributed by atoms with Crippen molar-refractivity contribution in [2.75, 3.05) is 0 Å². The van der Waals surface area contributed by atoms with Gasteiger partial charge in [0.15, 0.2) is 0 Å². The first-order valence-corrected chi connectivity index (χ1v) is 7.10. The van der Waals surface area contributed by atoms with Gasteiger partial charge in [0.2, 0.25) is 0 Å². The zero-order valence-electron chi connectivity index (χ0n) is 9.28. The average Bonchev–Trinajstić information content (AvgIpc) is 2.64. The number of aromatic nitrogens is 1. The van der Waals surface area contributed by atoms with Gasteiger partial charge in [-0.2, -0.15) is 0 Å². The molecule has 0 spiro atoms. The summed E-state index contributed by atoms with van der Waals surface area (Å²) in [5.41, 5.74) is 1.11. The molecule has 2 aromatic rings. The summed E-state index contributed by atoms with van der Waals surface area (Å²) in [5.74, 6) is 0.101. The summed E-state index contributed by atoms with van der Waals surface area (Å²) in [4.78, 5) is 5.61. The van der Waals surface area contributed by atoms with Crippen LogP contribution in [0.5, 0.6) is 0 Å². The van der Waals surface area contributed by atoms with Crippen LogP contribution in [0.15, 0.2) is 41.5 Å². The van der Waals surface area contributed by atoms with Gasteiger partial charge in [0.25, 0.3) is 0 Å². The molecule has 0 amide bonds. The first kappa shape index (κ1) is 12.8. The molecule has 1 unspecified atom stereocenters. The van der Waals surface area contributed by atoms with Crippen LogP contribution >= 0.6 is 38.9 Å². The van der Waals surface area contributed by atoms with Gasteiger partial charge < -0.3 is 0 Å². The molecular weight excluding hydrogens is 318 g/mol. The summed E-state index contributed by atoms with van der Waals surface area (Å²) < 4.78 is 0.972. The van der Waals surface area contributed by atoms with Gasteiger partial charge in [-0.3, -0.25) is 0 Å². The Kier molecular flexibility index (Phi) is 4.02. The number of rotatable bonds is 3. The van der Waals surface area contributed by atoms with Gasteiger partial charge in [0, 0.05) is 20.6 Å². The Morgan fingerprint density at radius 2 is 2.24 bits per heavy atom. The molecule has 1 nitrogen and oxygen atoms in total. The highest BCUT2D eigenvalue weighted by molar-refractivity contribution is 9.10. The van der Waals surface area contributed by atoms with E-state index in [2.05, 4.69) is 40.5 Å². The Balaban J connectivity index is 2.45. The largest absolute Gasteiger partial charge is 0.248 e. The molecule has 0 fully saturated rings. The molecule has 1 heterocycles. The summed E-state index contributed by atoms with van der Waals surface area (Å²) in [5, 5.41) is 1.76. The summed E-state index contributed by atoms with van der Waals surface area (Å²) in [6.07, 6.45) is 3.78. The summed E-state index contributed by atoms with van der Waals surface area (Å²) >= 11 is 11.2. The van der Waals surface area contributed by atoms with E-state index in [0.29, 0.717) is 0 Å². The molecule has 4 heteroatoms. The minimum absolute atomic E-state index is 0.101. The minimum atomic E-state index is 0.101. The van der Waals surface area contributed by atoms with Crippen molar-refractivity contribution in [3.05, 3.63) is 62.0 Å². The maximum atomic E-state index is 6.06. The molecule has 1 aromatic heterocycles. The topological polar surface area (TPSA) is 12.9 Å². The number of allylic oxidation sites excluding steroid dienone is 1. The highest BCUT2D eigenvalue weighted by Crippen LogP contribution is 2.32. The Bertz CT molecular complexity index is 530. The van der Waals surface area contributed by atoms with Crippen LogP contribution in [0, 0.1) is 6.92 Å². The fraction of sp³-hybridized carbons (Fsp3) is 0.154. The summed E-state index contributed by atoms with van der Waals surface area (Å²) in [7, 11) is 0. The molecule has 0 aliphatic heterocycles. The van der Waals surface area contributed by atoms with Crippen LogP contribution in [0.3, 0.4) is 0 Å². The molecule has 0 bridgehead atoms. The number of aryl methyl sites for hydroxylation is 1. The third-order valence-electron chi connectivity index (χ3n) is 2.38. The van der Waals surface area contributed by atoms with Crippen molar-refractivity contribution in [3.8, 4) is 0 Å². The zero-order chi connectivity index (χ0) is 12.4. The van der Waals surface area contributed by atoms with Crippen LogP contribution in [0.25, 0.3) is 0 Å². The quantitative estimate of drug-likeness (QED) is 0.707. The van der Waals surface area contributed by atoms with Gasteiger partial charge in [-0.05, 0) is 30.7 Å². The van der Waals surface area contributed by atoms with Gasteiger partial charge in [-0.25, -0.2) is 4.98 Å². The number of hydrogen-bond acceptors (Lipinski definition) is 2. The van der Waals surface area contributed by atoms with E-state index in [1.165, 1.54) is 4.88 Å². The second kappa shape index (κ2) is 5.34. The highest BCUT2D eigenvalue weighted by atomic mass is 79.9. The van der Waals surface area contributed by atoms with Crippen molar-refractivity contribution in [2.24, 2.45) is 0 Å². The van der Waals surface area contributed by atoms with Crippen LogP contribution in [0.1, 0.15) is 21.4 Å². The first-order chi connectivity index (χ1) is 8.10. The van der Waals surface area contributed by atoms with Crippen molar-refractivity contribution in [3.63, 3.8) is 0 Å². The van der Waals surface area contributed by atoms with E-state index in [1.807, 2.05) is 24.4 Å². The van der Waals surface area contributed by atoms with Crippen LogP contribution in [-0.4, -0.2) is 4.98 Å². The number of thiazole rings is 1. The Morgan fingerprint density at radius 3 is 2.76 bits per heavy atom. The minimum Gasteiger partial charge on any atom is -0.248 e. The van der Waals surface area contributed by atoms with Crippen LogP contribution in [-0.2, 0) is 0 Å². The number of benzene rings is 1. The van der Waals surface area contributed by atoms with E-state index in [4.69, 9.17) is 11.6 Å². The Morgan fingerprint density at radius 1 is 1.47 bits per heavy atom. The SMILES string of the molecule is C=CC(c1cc(Cl)cc(Br)c1)c1ncc(C)s1. The molecule has 1 aromatic carbocycles. The molecule has 0 saturated carbocycles. The number of nitrogens with zero attached hydrogens (tertiary/aromatic N) is 1. The van der Waals surface area contributed by atoms with Gasteiger partial charge in [-0.1, -0.05) is 33.6 Å². The third kappa shape index (κ3) is 2.97.